The van der Waals surface area contributed by atoms with Crippen LogP contribution >= 0.6 is 0 Å². The molecule has 3 heterocycles. The Bertz CT molecular complexity index is 701. The number of aromatic nitrogens is 2. The van der Waals surface area contributed by atoms with Crippen LogP contribution in [0.2, 0.25) is 0 Å². The lowest BCUT2D eigenvalue weighted by atomic mass is 9.81. The summed E-state index contributed by atoms with van der Waals surface area (Å²) in [5.41, 5.74) is -0.190. The molecule has 0 spiro atoms. The molecule has 8 heteroatoms. The Kier molecular flexibility index (Phi) is 4.53. The van der Waals surface area contributed by atoms with Crippen LogP contribution in [-0.2, 0) is 27.9 Å². The molecule has 2 aliphatic rings. The van der Waals surface area contributed by atoms with Crippen molar-refractivity contribution in [2.45, 2.75) is 26.2 Å². The van der Waals surface area contributed by atoms with E-state index in [1.54, 1.807) is 20.7 Å². The molecule has 0 saturated carbocycles. The van der Waals surface area contributed by atoms with Crippen LogP contribution in [0.15, 0.2) is 12.4 Å². The number of fused-ring (bicyclic) bond motifs is 1. The molecule has 0 aliphatic carbocycles. The number of likely N-dealkylation sites (tertiary alicyclic amines) is 2. The normalized spacial score (nSPS) is 25.5. The summed E-state index contributed by atoms with van der Waals surface area (Å²) >= 11 is 0. The topological polar surface area (TPSA) is 95.7 Å². The van der Waals surface area contributed by atoms with Crippen molar-refractivity contribution >= 4 is 17.8 Å². The van der Waals surface area contributed by atoms with Gasteiger partial charge in [0.1, 0.15) is 5.41 Å². The first-order chi connectivity index (χ1) is 11.9. The summed E-state index contributed by atoms with van der Waals surface area (Å²) in [5.74, 6) is -1.84. The highest BCUT2D eigenvalue weighted by molar-refractivity contribution is 5.94. The molecule has 136 valence electrons. The Morgan fingerprint density at radius 2 is 2.16 bits per heavy atom. The molecule has 25 heavy (non-hydrogen) atoms. The quantitative estimate of drug-likeness (QED) is 0.789. The summed E-state index contributed by atoms with van der Waals surface area (Å²) in [6, 6.07) is 0. The molecule has 2 saturated heterocycles. The number of carboxylic acid groups (broad SMARTS) is 1. The van der Waals surface area contributed by atoms with Crippen LogP contribution in [-0.4, -0.2) is 68.6 Å². The first-order valence-electron chi connectivity index (χ1n) is 8.65. The summed E-state index contributed by atoms with van der Waals surface area (Å²) < 4.78 is 1.68. The van der Waals surface area contributed by atoms with E-state index in [4.69, 9.17) is 0 Å². The Hall–Kier alpha value is -2.38. The van der Waals surface area contributed by atoms with Crippen molar-refractivity contribution in [2.75, 3.05) is 26.2 Å². The number of aryl methyl sites for hydroxylation is 2. The number of rotatable bonds is 6. The summed E-state index contributed by atoms with van der Waals surface area (Å²) in [4.78, 5) is 40.2. The van der Waals surface area contributed by atoms with Gasteiger partial charge in [0.05, 0.1) is 12.1 Å². The van der Waals surface area contributed by atoms with Gasteiger partial charge < -0.3 is 14.9 Å². The number of aliphatic carboxylic acids is 1. The molecule has 1 aromatic heterocycles. The molecule has 2 fully saturated rings. The van der Waals surface area contributed by atoms with Gasteiger partial charge in [-0.05, 0) is 18.4 Å². The van der Waals surface area contributed by atoms with Crippen LogP contribution in [0, 0.1) is 11.3 Å². The zero-order valence-corrected chi connectivity index (χ0v) is 14.6. The molecule has 8 nitrogen and oxygen atoms in total. The predicted molar refractivity (Wildman–Crippen MR) is 88.5 cm³/mol. The molecule has 0 bridgehead atoms. The Balaban J connectivity index is 1.67. The van der Waals surface area contributed by atoms with Crippen molar-refractivity contribution in [3.63, 3.8) is 0 Å². The minimum absolute atomic E-state index is 0.103. The summed E-state index contributed by atoms with van der Waals surface area (Å²) in [5, 5.41) is 13.8. The average molecular weight is 348 g/mol. The van der Waals surface area contributed by atoms with Crippen molar-refractivity contribution in [3.05, 3.63) is 18.0 Å². The molecule has 3 rings (SSSR count). The van der Waals surface area contributed by atoms with E-state index < -0.39 is 17.3 Å². The highest BCUT2D eigenvalue weighted by Crippen LogP contribution is 2.43. The van der Waals surface area contributed by atoms with Crippen molar-refractivity contribution in [3.8, 4) is 0 Å². The van der Waals surface area contributed by atoms with Crippen LogP contribution in [0.3, 0.4) is 0 Å². The monoisotopic (exact) mass is 348 g/mol. The van der Waals surface area contributed by atoms with E-state index in [0.717, 1.165) is 12.0 Å². The third-order valence-corrected chi connectivity index (χ3v) is 5.28. The third kappa shape index (κ3) is 3.01. The van der Waals surface area contributed by atoms with E-state index in [1.807, 2.05) is 20.2 Å². The molecule has 0 radical (unpaired) electrons. The molecule has 2 amide bonds. The SMILES string of the molecule is CCCN1C[C@@]2(C(=O)O)CN(C(=O)CCc3cnn(C)c3)C[C@H]2C1=O. The largest absolute Gasteiger partial charge is 0.481 e. The van der Waals surface area contributed by atoms with E-state index in [1.165, 1.54) is 0 Å². The van der Waals surface area contributed by atoms with Crippen LogP contribution < -0.4 is 0 Å². The predicted octanol–water partition coefficient (Wildman–Crippen LogP) is 0.134. The molecule has 2 atom stereocenters. The van der Waals surface area contributed by atoms with Gasteiger partial charge in [0.15, 0.2) is 0 Å². The Morgan fingerprint density at radius 1 is 1.40 bits per heavy atom. The van der Waals surface area contributed by atoms with Gasteiger partial charge in [-0.25, -0.2) is 0 Å². The number of hydrogen-bond donors (Lipinski definition) is 1. The molecule has 2 aliphatic heterocycles. The third-order valence-electron chi connectivity index (χ3n) is 5.28. The van der Waals surface area contributed by atoms with E-state index in [-0.39, 0.29) is 31.4 Å². The van der Waals surface area contributed by atoms with Crippen LogP contribution in [0.4, 0.5) is 0 Å². The molecule has 1 N–H and O–H groups in total. The fourth-order valence-corrected chi connectivity index (χ4v) is 3.97. The maximum Gasteiger partial charge on any atom is 0.314 e. The summed E-state index contributed by atoms with van der Waals surface area (Å²) in [7, 11) is 1.82. The van der Waals surface area contributed by atoms with Gasteiger partial charge in [0.25, 0.3) is 0 Å². The molecule has 0 aromatic carbocycles. The van der Waals surface area contributed by atoms with E-state index in [0.29, 0.717) is 19.4 Å². The van der Waals surface area contributed by atoms with Gasteiger partial charge in [-0.3, -0.25) is 19.1 Å². The minimum atomic E-state index is -1.16. The van der Waals surface area contributed by atoms with Crippen molar-refractivity contribution in [1.29, 1.82) is 0 Å². The van der Waals surface area contributed by atoms with E-state index >= 15 is 0 Å². The zero-order chi connectivity index (χ0) is 18.2. The molecule has 0 unspecified atom stereocenters. The number of carbonyl (C=O) groups excluding carboxylic acids is 2. The van der Waals surface area contributed by atoms with Crippen molar-refractivity contribution in [2.24, 2.45) is 18.4 Å². The van der Waals surface area contributed by atoms with E-state index in [2.05, 4.69) is 5.10 Å². The minimum Gasteiger partial charge on any atom is -0.481 e. The van der Waals surface area contributed by atoms with Gasteiger partial charge in [-0.15, -0.1) is 0 Å². The van der Waals surface area contributed by atoms with Crippen molar-refractivity contribution < 1.29 is 19.5 Å². The fourth-order valence-electron chi connectivity index (χ4n) is 3.97. The number of nitrogens with zero attached hydrogens (tertiary/aromatic N) is 4. The van der Waals surface area contributed by atoms with Crippen LogP contribution in [0.25, 0.3) is 0 Å². The lowest BCUT2D eigenvalue weighted by Gasteiger charge is -2.25. The lowest BCUT2D eigenvalue weighted by Crippen LogP contribution is -2.42. The summed E-state index contributed by atoms with van der Waals surface area (Å²) in [6.45, 7) is 3.05. The smallest absolute Gasteiger partial charge is 0.314 e. The zero-order valence-electron chi connectivity index (χ0n) is 14.6. The van der Waals surface area contributed by atoms with Gasteiger partial charge in [-0.2, -0.15) is 5.10 Å². The Morgan fingerprint density at radius 3 is 2.72 bits per heavy atom. The number of amides is 2. The molecule has 1 aromatic rings. The van der Waals surface area contributed by atoms with Gasteiger partial charge in [0.2, 0.25) is 11.8 Å². The highest BCUT2D eigenvalue weighted by atomic mass is 16.4. The first-order valence-corrected chi connectivity index (χ1v) is 8.65. The Labute approximate surface area is 146 Å². The maximum atomic E-state index is 12.6. The fraction of sp³-hybridized carbons (Fsp3) is 0.647. The maximum absolute atomic E-state index is 12.6. The van der Waals surface area contributed by atoms with Crippen molar-refractivity contribution in [1.82, 2.24) is 19.6 Å². The first kappa shape index (κ1) is 17.4. The lowest BCUT2D eigenvalue weighted by molar-refractivity contribution is -0.150. The molecular formula is C17H24N4O4. The number of carbonyl (C=O) groups is 3. The number of carboxylic acids is 1. The van der Waals surface area contributed by atoms with Gasteiger partial charge in [-0.1, -0.05) is 6.92 Å². The van der Waals surface area contributed by atoms with Crippen LogP contribution in [0.1, 0.15) is 25.3 Å². The standard InChI is InChI=1S/C17H24N4O4/c1-3-6-20-10-17(16(24)25)11-21(9-13(17)15(20)23)14(22)5-4-12-7-18-19(2)8-12/h7-8,13H,3-6,9-11H2,1-2H3,(H,24,25)/t13-,17+/m0/s1. The van der Waals surface area contributed by atoms with E-state index in [9.17, 15) is 19.5 Å². The average Bonchev–Trinajstić information content (AvgIpc) is 3.21. The second kappa shape index (κ2) is 6.50. The highest BCUT2D eigenvalue weighted by Gasteiger charge is 2.62. The summed E-state index contributed by atoms with van der Waals surface area (Å²) in [6.07, 6.45) is 5.22. The van der Waals surface area contributed by atoms with Gasteiger partial charge in [0, 0.05) is 45.8 Å². The van der Waals surface area contributed by atoms with Crippen LogP contribution in [0.5, 0.6) is 0 Å². The molecular weight excluding hydrogens is 324 g/mol. The van der Waals surface area contributed by atoms with Gasteiger partial charge >= 0.3 is 5.97 Å². The second-order valence-electron chi connectivity index (χ2n) is 7.07. The second-order valence-corrected chi connectivity index (χ2v) is 7.07. The number of hydrogen-bond acceptors (Lipinski definition) is 4.